The molecule has 1 heterocycles. The lowest BCUT2D eigenvalue weighted by molar-refractivity contribution is 0.0579. The summed E-state index contributed by atoms with van der Waals surface area (Å²) in [7, 11) is 0. The number of nitrogens with zero attached hydrogens (tertiary/aromatic N) is 2. The fourth-order valence-corrected chi connectivity index (χ4v) is 2.79. The highest BCUT2D eigenvalue weighted by molar-refractivity contribution is 6.29. The number of hydrogen-bond donors (Lipinski definition) is 1. The van der Waals surface area contributed by atoms with E-state index in [1.807, 2.05) is 0 Å². The third-order valence-corrected chi connectivity index (χ3v) is 3.76. The van der Waals surface area contributed by atoms with Crippen molar-refractivity contribution in [3.63, 3.8) is 0 Å². The quantitative estimate of drug-likeness (QED) is 0.864. The van der Waals surface area contributed by atoms with E-state index in [9.17, 15) is 9.90 Å². The molecule has 2 rings (SSSR count). The van der Waals surface area contributed by atoms with Gasteiger partial charge >= 0.3 is 0 Å². The van der Waals surface area contributed by atoms with Gasteiger partial charge in [0.25, 0.3) is 5.91 Å². The average molecular weight is 283 g/mol. The molecule has 104 valence electrons. The zero-order valence-corrected chi connectivity index (χ0v) is 11.6. The Morgan fingerprint density at radius 2 is 2.11 bits per heavy atom. The van der Waals surface area contributed by atoms with Crippen molar-refractivity contribution in [2.45, 2.75) is 38.1 Å². The Labute approximate surface area is 118 Å². The van der Waals surface area contributed by atoms with Crippen LogP contribution in [0.3, 0.4) is 0 Å². The topological polar surface area (TPSA) is 53.4 Å². The van der Waals surface area contributed by atoms with E-state index in [0.717, 1.165) is 25.7 Å². The van der Waals surface area contributed by atoms with Crippen LogP contribution in [0.25, 0.3) is 0 Å². The number of aliphatic hydroxyl groups is 1. The first kappa shape index (κ1) is 14.3. The van der Waals surface area contributed by atoms with Gasteiger partial charge in [-0.1, -0.05) is 36.9 Å². The molecule has 0 aliphatic heterocycles. The van der Waals surface area contributed by atoms with Gasteiger partial charge in [0.15, 0.2) is 0 Å². The predicted octanol–water partition coefficient (Wildman–Crippen LogP) is 2.50. The van der Waals surface area contributed by atoms with Crippen LogP contribution >= 0.6 is 11.6 Å². The molecule has 1 fully saturated rings. The largest absolute Gasteiger partial charge is 0.395 e. The molecule has 1 saturated carbocycles. The Balaban J connectivity index is 2.15. The molecule has 0 saturated heterocycles. The number of halogens is 1. The van der Waals surface area contributed by atoms with Crippen LogP contribution < -0.4 is 0 Å². The molecule has 1 aromatic heterocycles. The van der Waals surface area contributed by atoms with Gasteiger partial charge in [-0.2, -0.15) is 0 Å². The summed E-state index contributed by atoms with van der Waals surface area (Å²) in [6, 6.07) is 5.26. The van der Waals surface area contributed by atoms with Gasteiger partial charge in [0.1, 0.15) is 10.8 Å². The van der Waals surface area contributed by atoms with Gasteiger partial charge in [-0.05, 0) is 25.0 Å². The lowest BCUT2D eigenvalue weighted by atomic mass is 9.94. The Bertz CT molecular complexity index is 433. The standard InChI is InChI=1S/C14H19ClN2O2/c15-13-8-4-7-12(16-13)14(19)17(9-10-18)11-5-2-1-3-6-11/h4,7-8,11,18H,1-3,5-6,9-10H2. The van der Waals surface area contributed by atoms with Crippen molar-refractivity contribution in [1.29, 1.82) is 0 Å². The van der Waals surface area contributed by atoms with Gasteiger partial charge in [0.05, 0.1) is 6.61 Å². The number of aromatic nitrogens is 1. The van der Waals surface area contributed by atoms with Crippen molar-refractivity contribution in [2.75, 3.05) is 13.2 Å². The molecule has 1 amide bonds. The Morgan fingerprint density at radius 3 is 2.74 bits per heavy atom. The maximum Gasteiger partial charge on any atom is 0.272 e. The van der Waals surface area contributed by atoms with Crippen LogP contribution in [0.1, 0.15) is 42.6 Å². The molecule has 0 aromatic carbocycles. The smallest absolute Gasteiger partial charge is 0.272 e. The number of carbonyl (C=O) groups excluding carboxylic acids is 1. The fraction of sp³-hybridized carbons (Fsp3) is 0.571. The number of aliphatic hydroxyl groups excluding tert-OH is 1. The molecule has 4 nitrogen and oxygen atoms in total. The van der Waals surface area contributed by atoms with Crippen LogP contribution in [0.5, 0.6) is 0 Å². The van der Waals surface area contributed by atoms with Crippen LogP contribution in [0, 0.1) is 0 Å². The number of carbonyl (C=O) groups is 1. The van der Waals surface area contributed by atoms with Crippen LogP contribution in [0.15, 0.2) is 18.2 Å². The number of rotatable bonds is 4. The summed E-state index contributed by atoms with van der Waals surface area (Å²) in [5.74, 6) is -0.136. The summed E-state index contributed by atoms with van der Waals surface area (Å²) in [6.07, 6.45) is 5.53. The lowest BCUT2D eigenvalue weighted by Gasteiger charge is -2.33. The van der Waals surface area contributed by atoms with Gasteiger partial charge in [0, 0.05) is 12.6 Å². The highest BCUT2D eigenvalue weighted by atomic mass is 35.5. The summed E-state index contributed by atoms with van der Waals surface area (Å²) in [5, 5.41) is 9.50. The molecule has 0 bridgehead atoms. The highest BCUT2D eigenvalue weighted by Gasteiger charge is 2.26. The Hall–Kier alpha value is -1.13. The normalized spacial score (nSPS) is 16.3. The monoisotopic (exact) mass is 282 g/mol. The minimum atomic E-state index is -0.136. The van der Waals surface area contributed by atoms with Crippen LogP contribution in [-0.4, -0.2) is 40.1 Å². The maximum atomic E-state index is 12.5. The van der Waals surface area contributed by atoms with E-state index >= 15 is 0 Å². The van der Waals surface area contributed by atoms with Crippen LogP contribution in [0.4, 0.5) is 0 Å². The first-order valence-corrected chi connectivity index (χ1v) is 7.14. The van der Waals surface area contributed by atoms with Crippen molar-refractivity contribution < 1.29 is 9.90 Å². The van der Waals surface area contributed by atoms with Crippen molar-refractivity contribution >= 4 is 17.5 Å². The maximum absolute atomic E-state index is 12.5. The fourth-order valence-electron chi connectivity index (χ4n) is 2.62. The van der Waals surface area contributed by atoms with E-state index < -0.39 is 0 Å². The van der Waals surface area contributed by atoms with Crippen LogP contribution in [-0.2, 0) is 0 Å². The van der Waals surface area contributed by atoms with E-state index in [2.05, 4.69) is 4.98 Å². The summed E-state index contributed by atoms with van der Waals surface area (Å²) in [6.45, 7) is 0.334. The second-order valence-corrected chi connectivity index (χ2v) is 5.25. The number of amides is 1. The molecule has 1 N–H and O–H groups in total. The van der Waals surface area contributed by atoms with Crippen molar-refractivity contribution in [3.8, 4) is 0 Å². The van der Waals surface area contributed by atoms with Crippen molar-refractivity contribution in [2.24, 2.45) is 0 Å². The molecule has 1 aliphatic rings. The van der Waals surface area contributed by atoms with E-state index in [1.54, 1.807) is 23.1 Å². The van der Waals surface area contributed by atoms with Gasteiger partial charge in [-0.25, -0.2) is 4.98 Å². The molecule has 0 spiro atoms. The van der Waals surface area contributed by atoms with E-state index in [0.29, 0.717) is 17.4 Å². The van der Waals surface area contributed by atoms with Crippen molar-refractivity contribution in [3.05, 3.63) is 29.0 Å². The molecule has 1 aliphatic carbocycles. The number of hydrogen-bond acceptors (Lipinski definition) is 3. The highest BCUT2D eigenvalue weighted by Crippen LogP contribution is 2.23. The summed E-state index contributed by atoms with van der Waals surface area (Å²) in [5.41, 5.74) is 0.353. The molecule has 0 unspecified atom stereocenters. The molecule has 0 atom stereocenters. The SMILES string of the molecule is O=C(c1cccc(Cl)n1)N(CCO)C1CCCCC1. The Morgan fingerprint density at radius 1 is 1.37 bits per heavy atom. The molecule has 1 aromatic rings. The third-order valence-electron chi connectivity index (χ3n) is 3.55. The van der Waals surface area contributed by atoms with Gasteiger partial charge in [0.2, 0.25) is 0 Å². The number of pyridine rings is 1. The van der Waals surface area contributed by atoms with E-state index in [-0.39, 0.29) is 18.6 Å². The zero-order chi connectivity index (χ0) is 13.7. The van der Waals surface area contributed by atoms with Crippen molar-refractivity contribution in [1.82, 2.24) is 9.88 Å². The molecule has 19 heavy (non-hydrogen) atoms. The molecule has 0 radical (unpaired) electrons. The predicted molar refractivity (Wildman–Crippen MR) is 74.2 cm³/mol. The minimum Gasteiger partial charge on any atom is -0.395 e. The van der Waals surface area contributed by atoms with E-state index in [1.165, 1.54) is 6.42 Å². The second kappa shape index (κ2) is 6.87. The molecule has 5 heteroatoms. The summed E-state index contributed by atoms with van der Waals surface area (Å²) >= 11 is 5.83. The summed E-state index contributed by atoms with van der Waals surface area (Å²) in [4.78, 5) is 18.3. The zero-order valence-electron chi connectivity index (χ0n) is 10.9. The third kappa shape index (κ3) is 3.67. The van der Waals surface area contributed by atoms with Gasteiger partial charge in [-0.15, -0.1) is 0 Å². The molecular formula is C14H19ClN2O2. The summed E-state index contributed by atoms with van der Waals surface area (Å²) < 4.78 is 0. The van der Waals surface area contributed by atoms with Gasteiger partial charge < -0.3 is 10.0 Å². The molecular weight excluding hydrogens is 264 g/mol. The Kier molecular flexibility index (Phi) is 5.16. The minimum absolute atomic E-state index is 0.0250. The first-order chi connectivity index (χ1) is 9.22. The second-order valence-electron chi connectivity index (χ2n) is 4.86. The average Bonchev–Trinajstić information content (AvgIpc) is 2.45. The lowest BCUT2D eigenvalue weighted by Crippen LogP contribution is -2.43. The van der Waals surface area contributed by atoms with E-state index in [4.69, 9.17) is 11.6 Å². The first-order valence-electron chi connectivity index (χ1n) is 6.77. The van der Waals surface area contributed by atoms with Gasteiger partial charge in [-0.3, -0.25) is 4.79 Å². The van der Waals surface area contributed by atoms with Crippen LogP contribution in [0.2, 0.25) is 5.15 Å².